The first-order valence-corrected chi connectivity index (χ1v) is 9.95. The van der Waals surface area contributed by atoms with Gasteiger partial charge in [-0.1, -0.05) is 0 Å². The van der Waals surface area contributed by atoms with Crippen molar-refractivity contribution in [2.45, 2.75) is 32.2 Å². The summed E-state index contributed by atoms with van der Waals surface area (Å²) in [6.07, 6.45) is 1.62. The third-order valence-corrected chi connectivity index (χ3v) is 5.22. The Bertz CT molecular complexity index is 1090. The van der Waals surface area contributed by atoms with Crippen molar-refractivity contribution in [1.29, 1.82) is 0 Å². The summed E-state index contributed by atoms with van der Waals surface area (Å²) in [4.78, 5) is 20.3. The van der Waals surface area contributed by atoms with Crippen LogP contribution in [0, 0.1) is 20.8 Å². The maximum absolute atomic E-state index is 12.5. The summed E-state index contributed by atoms with van der Waals surface area (Å²) in [5, 5.41) is 6.76. The van der Waals surface area contributed by atoms with Crippen molar-refractivity contribution >= 4 is 27.6 Å². The fourth-order valence-corrected chi connectivity index (χ4v) is 3.51. The van der Waals surface area contributed by atoms with Gasteiger partial charge in [0.05, 0.1) is 4.90 Å². The molecule has 3 rings (SSSR count). The molecule has 2 heterocycles. The lowest BCUT2D eigenvalue weighted by Crippen LogP contribution is -2.20. The summed E-state index contributed by atoms with van der Waals surface area (Å²) in [5.74, 6) is -0.242. The van der Waals surface area contributed by atoms with Crippen LogP contribution in [-0.4, -0.2) is 34.1 Å². The highest BCUT2D eigenvalue weighted by atomic mass is 32.2. The molecule has 146 valence electrons. The first-order valence-electron chi connectivity index (χ1n) is 8.46. The smallest absolute Gasteiger partial charge is 0.264 e. The van der Waals surface area contributed by atoms with Gasteiger partial charge in [0.15, 0.2) is 0 Å². The fraction of sp³-hybridized carbons (Fsp3) is 0.222. The standard InChI is InChI=1S/C18H20N6O3S/c1-12-10-13(2)21-18(20-12)23-28(26,27)16-6-4-15(5-7-16)22-17(25)11-24-14(3)8-9-19-24/h4-10H,11H2,1-3H3,(H,22,25)(H,20,21,23). The predicted molar refractivity (Wildman–Crippen MR) is 104 cm³/mol. The summed E-state index contributed by atoms with van der Waals surface area (Å²) < 4.78 is 29.0. The third kappa shape index (κ3) is 4.71. The van der Waals surface area contributed by atoms with Crippen LogP contribution in [0.3, 0.4) is 0 Å². The van der Waals surface area contributed by atoms with E-state index < -0.39 is 10.0 Å². The molecule has 0 aliphatic rings. The van der Waals surface area contributed by atoms with Crippen molar-refractivity contribution in [1.82, 2.24) is 19.7 Å². The minimum Gasteiger partial charge on any atom is -0.324 e. The molecular formula is C18H20N6O3S. The van der Waals surface area contributed by atoms with Gasteiger partial charge in [0.25, 0.3) is 10.0 Å². The molecule has 1 aromatic carbocycles. The molecule has 0 unspecified atom stereocenters. The van der Waals surface area contributed by atoms with Crippen LogP contribution in [0.5, 0.6) is 0 Å². The van der Waals surface area contributed by atoms with Crippen LogP contribution in [0.15, 0.2) is 47.5 Å². The van der Waals surface area contributed by atoms with Crippen molar-refractivity contribution in [3.8, 4) is 0 Å². The van der Waals surface area contributed by atoms with Crippen LogP contribution < -0.4 is 10.0 Å². The molecule has 2 aromatic heterocycles. The summed E-state index contributed by atoms with van der Waals surface area (Å²) in [6.45, 7) is 5.44. The Morgan fingerprint density at radius 3 is 2.25 bits per heavy atom. The summed E-state index contributed by atoms with van der Waals surface area (Å²) >= 11 is 0. The van der Waals surface area contributed by atoms with E-state index in [0.717, 1.165) is 5.69 Å². The van der Waals surface area contributed by atoms with Gasteiger partial charge in [-0.3, -0.25) is 9.48 Å². The number of amides is 1. The molecule has 0 fully saturated rings. The van der Waals surface area contributed by atoms with Crippen molar-refractivity contribution < 1.29 is 13.2 Å². The normalized spacial score (nSPS) is 11.2. The zero-order valence-electron chi connectivity index (χ0n) is 15.7. The van der Waals surface area contributed by atoms with Crippen molar-refractivity contribution in [3.05, 3.63) is 59.7 Å². The lowest BCUT2D eigenvalue weighted by molar-refractivity contribution is -0.116. The molecule has 0 radical (unpaired) electrons. The van der Waals surface area contributed by atoms with Crippen molar-refractivity contribution in [2.75, 3.05) is 10.0 Å². The third-order valence-electron chi connectivity index (χ3n) is 3.88. The average molecular weight is 400 g/mol. The van der Waals surface area contributed by atoms with Crippen LogP contribution in [0.25, 0.3) is 0 Å². The van der Waals surface area contributed by atoms with E-state index in [0.29, 0.717) is 17.1 Å². The molecule has 0 saturated heterocycles. The maximum atomic E-state index is 12.5. The number of nitrogens with one attached hydrogen (secondary N) is 2. The summed E-state index contributed by atoms with van der Waals surface area (Å²) in [6, 6.07) is 9.40. The van der Waals surface area contributed by atoms with Gasteiger partial charge in [-0.2, -0.15) is 5.10 Å². The first-order chi connectivity index (χ1) is 13.2. The molecule has 9 nitrogen and oxygen atoms in total. The molecule has 0 aliphatic heterocycles. The minimum absolute atomic E-state index is 0.0180. The Morgan fingerprint density at radius 1 is 1.04 bits per heavy atom. The minimum atomic E-state index is -3.84. The molecule has 0 spiro atoms. The van der Waals surface area contributed by atoms with Gasteiger partial charge in [-0.15, -0.1) is 0 Å². The van der Waals surface area contributed by atoms with Crippen LogP contribution in [-0.2, 0) is 21.4 Å². The Balaban J connectivity index is 1.69. The number of hydrogen-bond acceptors (Lipinski definition) is 6. The molecule has 2 N–H and O–H groups in total. The second-order valence-electron chi connectivity index (χ2n) is 6.28. The number of carbonyl (C=O) groups excluding carboxylic acids is 1. The summed E-state index contributed by atoms with van der Waals surface area (Å²) in [7, 11) is -3.84. The van der Waals surface area contributed by atoms with Gasteiger partial charge in [0.1, 0.15) is 6.54 Å². The van der Waals surface area contributed by atoms with E-state index in [-0.39, 0.29) is 23.3 Å². The van der Waals surface area contributed by atoms with Crippen LogP contribution >= 0.6 is 0 Å². The van der Waals surface area contributed by atoms with Gasteiger partial charge in [0, 0.05) is 29.0 Å². The van der Waals surface area contributed by atoms with Gasteiger partial charge in [-0.05, 0) is 57.2 Å². The Hall–Kier alpha value is -3.27. The fourth-order valence-electron chi connectivity index (χ4n) is 2.57. The highest BCUT2D eigenvalue weighted by molar-refractivity contribution is 7.92. The number of sulfonamides is 1. The van der Waals surface area contributed by atoms with E-state index in [4.69, 9.17) is 0 Å². The molecule has 0 saturated carbocycles. The molecule has 0 atom stereocenters. The van der Waals surface area contributed by atoms with Crippen molar-refractivity contribution in [3.63, 3.8) is 0 Å². The van der Waals surface area contributed by atoms with E-state index in [1.165, 1.54) is 24.3 Å². The lowest BCUT2D eigenvalue weighted by Gasteiger charge is -2.10. The Morgan fingerprint density at radius 2 is 1.68 bits per heavy atom. The number of rotatable bonds is 6. The van der Waals surface area contributed by atoms with E-state index in [2.05, 4.69) is 25.1 Å². The molecular weight excluding hydrogens is 380 g/mol. The topological polar surface area (TPSA) is 119 Å². The zero-order valence-corrected chi connectivity index (χ0v) is 16.5. The average Bonchev–Trinajstić information content (AvgIpc) is 2.98. The molecule has 3 aromatic rings. The number of nitrogens with zero attached hydrogens (tertiary/aromatic N) is 4. The lowest BCUT2D eigenvalue weighted by atomic mass is 10.3. The van der Waals surface area contributed by atoms with E-state index in [1.807, 2.05) is 6.92 Å². The van der Waals surface area contributed by atoms with Gasteiger partial charge in [0.2, 0.25) is 11.9 Å². The second kappa shape index (κ2) is 7.77. The summed E-state index contributed by atoms with van der Waals surface area (Å²) in [5.41, 5.74) is 2.68. The number of aryl methyl sites for hydroxylation is 3. The molecule has 10 heteroatoms. The Labute approximate surface area is 162 Å². The SMILES string of the molecule is Cc1cc(C)nc(NS(=O)(=O)c2ccc(NC(=O)Cn3nccc3C)cc2)n1. The maximum Gasteiger partial charge on any atom is 0.264 e. The monoisotopic (exact) mass is 400 g/mol. The van der Waals surface area contributed by atoms with Crippen LogP contribution in [0.1, 0.15) is 17.1 Å². The zero-order chi connectivity index (χ0) is 20.3. The number of anilines is 2. The molecule has 28 heavy (non-hydrogen) atoms. The van der Waals surface area contributed by atoms with Crippen LogP contribution in [0.2, 0.25) is 0 Å². The first kappa shape index (κ1) is 19.5. The Kier molecular flexibility index (Phi) is 5.41. The number of hydrogen-bond donors (Lipinski definition) is 2. The highest BCUT2D eigenvalue weighted by Gasteiger charge is 2.16. The number of carbonyl (C=O) groups is 1. The quantitative estimate of drug-likeness (QED) is 0.653. The van der Waals surface area contributed by atoms with Crippen LogP contribution in [0.4, 0.5) is 11.6 Å². The van der Waals surface area contributed by atoms with E-state index in [1.54, 1.807) is 36.9 Å². The van der Waals surface area contributed by atoms with Gasteiger partial charge >= 0.3 is 0 Å². The molecule has 0 bridgehead atoms. The number of aromatic nitrogens is 4. The van der Waals surface area contributed by atoms with Gasteiger partial charge in [-0.25, -0.2) is 23.1 Å². The van der Waals surface area contributed by atoms with Crippen molar-refractivity contribution in [2.24, 2.45) is 0 Å². The second-order valence-corrected chi connectivity index (χ2v) is 7.97. The van der Waals surface area contributed by atoms with E-state index in [9.17, 15) is 13.2 Å². The van der Waals surface area contributed by atoms with E-state index >= 15 is 0 Å². The molecule has 1 amide bonds. The highest BCUT2D eigenvalue weighted by Crippen LogP contribution is 2.17. The predicted octanol–water partition coefficient (Wildman–Crippen LogP) is 2.04. The van der Waals surface area contributed by atoms with Gasteiger partial charge < -0.3 is 5.32 Å². The largest absolute Gasteiger partial charge is 0.324 e. The number of benzene rings is 1. The molecule has 0 aliphatic carbocycles.